The highest BCUT2D eigenvalue weighted by atomic mass is 35.5. The molecule has 0 saturated carbocycles. The third-order valence-corrected chi connectivity index (χ3v) is 12.0. The molecule has 1 N–H and O–H groups in total. The van der Waals surface area contributed by atoms with Crippen LogP contribution in [0.25, 0.3) is 10.4 Å². The van der Waals surface area contributed by atoms with Crippen LogP contribution in [0.3, 0.4) is 0 Å². The van der Waals surface area contributed by atoms with Gasteiger partial charge in [0.2, 0.25) is 7.37 Å². The molecule has 5 rings (SSSR count). The van der Waals surface area contributed by atoms with Crippen molar-refractivity contribution in [3.8, 4) is 22.3 Å². The molecule has 0 spiro atoms. The quantitative estimate of drug-likeness (QED) is 0.139. The molecule has 1 fully saturated rings. The van der Waals surface area contributed by atoms with Gasteiger partial charge >= 0.3 is 5.97 Å². The summed E-state index contributed by atoms with van der Waals surface area (Å²) in [5, 5.41) is 13.3. The highest BCUT2D eigenvalue weighted by molar-refractivity contribution is 7.67. The van der Waals surface area contributed by atoms with Crippen molar-refractivity contribution in [2.45, 2.75) is 32.1 Å². The van der Waals surface area contributed by atoms with Gasteiger partial charge in [-0.15, -0.1) is 22.7 Å². The summed E-state index contributed by atoms with van der Waals surface area (Å²) in [4.78, 5) is 17.9. The van der Waals surface area contributed by atoms with Crippen LogP contribution < -0.4 is 5.30 Å². The molecule has 1 aliphatic heterocycles. The standard InChI is InChI=1S/C32H31ClNO5PS2/c1-2-39-40(37,28-11-8-26(33)9-12-28)19-25(17-23-13-15-38-16-14-23)29-18-30(42-31(29)32(35)36)24-6-3-22(4-7-24)5-10-27-20-41-21-34-27/h3-4,6-9,11-12,18,20-21,23,25H,2,13-17,19H2,1H3,(H,35,36). The Kier molecular flexibility index (Phi) is 10.3. The van der Waals surface area contributed by atoms with Gasteiger partial charge in [-0.25, -0.2) is 9.78 Å². The summed E-state index contributed by atoms with van der Waals surface area (Å²) in [5.41, 5.74) is 4.94. The Labute approximate surface area is 259 Å². The van der Waals surface area contributed by atoms with Gasteiger partial charge < -0.3 is 14.4 Å². The van der Waals surface area contributed by atoms with Gasteiger partial charge in [-0.1, -0.05) is 29.7 Å². The van der Waals surface area contributed by atoms with Crippen LogP contribution in [0.2, 0.25) is 5.02 Å². The van der Waals surface area contributed by atoms with Crippen molar-refractivity contribution in [2.75, 3.05) is 26.0 Å². The average Bonchev–Trinajstić information content (AvgIpc) is 3.68. The van der Waals surface area contributed by atoms with Crippen LogP contribution >= 0.6 is 41.6 Å². The smallest absolute Gasteiger partial charge is 0.346 e. The predicted octanol–water partition coefficient (Wildman–Crippen LogP) is 8.16. The van der Waals surface area contributed by atoms with E-state index in [1.54, 1.807) is 29.8 Å². The minimum atomic E-state index is -3.33. The Hall–Kier alpha value is -2.76. The van der Waals surface area contributed by atoms with Crippen molar-refractivity contribution in [3.63, 3.8) is 0 Å². The first-order chi connectivity index (χ1) is 20.3. The number of aromatic nitrogens is 1. The van der Waals surface area contributed by atoms with E-state index in [-0.39, 0.29) is 23.6 Å². The Morgan fingerprint density at radius 3 is 2.55 bits per heavy atom. The summed E-state index contributed by atoms with van der Waals surface area (Å²) < 4.78 is 26.0. The maximum Gasteiger partial charge on any atom is 0.346 e. The van der Waals surface area contributed by atoms with Crippen molar-refractivity contribution in [3.05, 3.63) is 92.2 Å². The molecule has 0 radical (unpaired) electrons. The molecule has 0 amide bonds. The van der Waals surface area contributed by atoms with Crippen molar-refractivity contribution in [1.82, 2.24) is 4.98 Å². The average molecular weight is 640 g/mol. The molecule has 2 atom stereocenters. The Morgan fingerprint density at radius 2 is 1.90 bits per heavy atom. The van der Waals surface area contributed by atoms with Crippen LogP contribution in [0.4, 0.5) is 0 Å². The molecule has 2 unspecified atom stereocenters. The zero-order chi connectivity index (χ0) is 29.5. The fourth-order valence-electron chi connectivity index (χ4n) is 5.23. The molecule has 0 aliphatic carbocycles. The highest BCUT2D eigenvalue weighted by Gasteiger charge is 2.35. The number of hydrogen-bond donors (Lipinski definition) is 1. The van der Waals surface area contributed by atoms with Crippen LogP contribution in [0.1, 0.15) is 58.6 Å². The van der Waals surface area contributed by atoms with Crippen LogP contribution in [-0.2, 0) is 13.8 Å². The number of carboxylic acid groups (broad SMARTS) is 1. The lowest BCUT2D eigenvalue weighted by Gasteiger charge is -2.29. The minimum absolute atomic E-state index is 0.210. The number of rotatable bonds is 10. The monoisotopic (exact) mass is 639 g/mol. The number of thiazole rings is 1. The molecule has 4 aromatic rings. The fourth-order valence-corrected chi connectivity index (χ4v) is 9.34. The molecule has 3 heterocycles. The van der Waals surface area contributed by atoms with E-state index in [2.05, 4.69) is 16.8 Å². The zero-order valence-electron chi connectivity index (χ0n) is 23.1. The number of thiophene rings is 1. The SMILES string of the molecule is CCOP(=O)(CC(CC1CCOCC1)c1cc(-c2ccc(C#Cc3cscn3)cc2)sc1C(=O)O)c1ccc(Cl)cc1. The molecular weight excluding hydrogens is 609 g/mol. The fraction of sp³-hybridized carbons (Fsp3) is 0.312. The Morgan fingerprint density at radius 1 is 1.17 bits per heavy atom. The third-order valence-electron chi connectivity index (χ3n) is 7.31. The molecule has 1 saturated heterocycles. The van der Waals surface area contributed by atoms with Crippen LogP contribution in [0.15, 0.2) is 65.5 Å². The molecule has 1 aliphatic rings. The van der Waals surface area contributed by atoms with Gasteiger partial charge in [0.05, 0.1) is 12.1 Å². The van der Waals surface area contributed by atoms with Gasteiger partial charge in [-0.05, 0) is 97.5 Å². The molecule has 6 nitrogen and oxygen atoms in total. The van der Waals surface area contributed by atoms with Gasteiger partial charge in [0, 0.05) is 45.5 Å². The van der Waals surface area contributed by atoms with E-state index in [0.717, 1.165) is 34.5 Å². The van der Waals surface area contributed by atoms with Gasteiger partial charge in [0.25, 0.3) is 0 Å². The normalized spacial score (nSPS) is 15.9. The number of carboxylic acids is 1. The Bertz CT molecular complexity index is 1600. The summed E-state index contributed by atoms with van der Waals surface area (Å²) >= 11 is 8.87. The molecule has 10 heteroatoms. The zero-order valence-corrected chi connectivity index (χ0v) is 26.4. The van der Waals surface area contributed by atoms with E-state index in [1.165, 1.54) is 22.7 Å². The number of nitrogens with zero attached hydrogens (tertiary/aromatic N) is 1. The van der Waals surface area contributed by atoms with E-state index >= 15 is 0 Å². The Balaban J connectivity index is 1.50. The van der Waals surface area contributed by atoms with E-state index < -0.39 is 13.3 Å². The molecule has 42 heavy (non-hydrogen) atoms. The number of benzene rings is 2. The van der Waals surface area contributed by atoms with Crippen molar-refractivity contribution < 1.29 is 23.7 Å². The van der Waals surface area contributed by atoms with Crippen molar-refractivity contribution in [2.24, 2.45) is 5.92 Å². The van der Waals surface area contributed by atoms with E-state index in [0.29, 0.717) is 41.4 Å². The van der Waals surface area contributed by atoms with Crippen LogP contribution in [0.5, 0.6) is 0 Å². The molecule has 2 aromatic heterocycles. The number of halogens is 1. The lowest BCUT2D eigenvalue weighted by molar-refractivity contribution is 0.0618. The largest absolute Gasteiger partial charge is 0.477 e. The predicted molar refractivity (Wildman–Crippen MR) is 171 cm³/mol. The minimum Gasteiger partial charge on any atom is -0.477 e. The van der Waals surface area contributed by atoms with Crippen LogP contribution in [0, 0.1) is 17.8 Å². The first kappa shape index (κ1) is 30.7. The first-order valence-electron chi connectivity index (χ1n) is 13.8. The van der Waals surface area contributed by atoms with Crippen LogP contribution in [-0.4, -0.2) is 42.0 Å². The van der Waals surface area contributed by atoms with Gasteiger partial charge in [0.1, 0.15) is 10.6 Å². The second kappa shape index (κ2) is 14.1. The number of carbonyl (C=O) groups is 1. The topological polar surface area (TPSA) is 85.7 Å². The number of ether oxygens (including phenoxy) is 1. The molecule has 2 aromatic carbocycles. The summed E-state index contributed by atoms with van der Waals surface area (Å²) in [6.07, 6.45) is 2.69. The van der Waals surface area contributed by atoms with Gasteiger partial charge in [0.15, 0.2) is 0 Å². The lowest BCUT2D eigenvalue weighted by atomic mass is 9.86. The van der Waals surface area contributed by atoms with E-state index in [9.17, 15) is 14.5 Å². The van der Waals surface area contributed by atoms with Gasteiger partial charge in [-0.3, -0.25) is 4.57 Å². The third kappa shape index (κ3) is 7.60. The summed E-state index contributed by atoms with van der Waals surface area (Å²) in [7, 11) is -3.33. The molecular formula is C32H31ClNO5PS2. The number of hydrogen-bond acceptors (Lipinski definition) is 7. The summed E-state index contributed by atoms with van der Waals surface area (Å²) in [6, 6.07) is 16.7. The second-order valence-corrected chi connectivity index (χ2v) is 14.8. The maximum absolute atomic E-state index is 14.4. The highest BCUT2D eigenvalue weighted by Crippen LogP contribution is 2.52. The van der Waals surface area contributed by atoms with E-state index in [4.69, 9.17) is 20.9 Å². The van der Waals surface area contributed by atoms with Crippen molar-refractivity contribution >= 4 is 52.9 Å². The van der Waals surface area contributed by atoms with E-state index in [1.807, 2.05) is 42.6 Å². The van der Waals surface area contributed by atoms with Crippen molar-refractivity contribution in [1.29, 1.82) is 0 Å². The van der Waals surface area contributed by atoms with Gasteiger partial charge in [-0.2, -0.15) is 0 Å². The summed E-state index contributed by atoms with van der Waals surface area (Å²) in [5.74, 6) is 5.25. The molecule has 0 bridgehead atoms. The second-order valence-electron chi connectivity index (χ2n) is 10.1. The maximum atomic E-state index is 14.4. The number of aromatic carboxylic acids is 1. The molecule has 218 valence electrons. The first-order valence-corrected chi connectivity index (χ1v) is 17.7. The lowest BCUT2D eigenvalue weighted by Crippen LogP contribution is -2.22. The summed E-state index contributed by atoms with van der Waals surface area (Å²) in [6.45, 7) is 3.46.